The van der Waals surface area contributed by atoms with Crippen LogP contribution in [0.15, 0.2) is 23.1 Å². The monoisotopic (exact) mass is 268 g/mol. The van der Waals surface area contributed by atoms with Crippen LogP contribution in [0.4, 0.5) is 0 Å². The van der Waals surface area contributed by atoms with Gasteiger partial charge < -0.3 is 10.1 Å². The van der Waals surface area contributed by atoms with Crippen LogP contribution in [0.25, 0.3) is 0 Å². The normalized spacial score (nSPS) is 19.4. The summed E-state index contributed by atoms with van der Waals surface area (Å²) in [5.74, 6) is 0.807. The maximum Gasteiger partial charge on any atom is 0.243 e. The van der Waals surface area contributed by atoms with E-state index < -0.39 is 10.0 Å². The molecule has 1 fully saturated rings. The molecule has 0 bridgehead atoms. The fourth-order valence-electron chi connectivity index (χ4n) is 2.22. The Morgan fingerprint density at radius 3 is 2.83 bits per heavy atom. The van der Waals surface area contributed by atoms with E-state index in [1.54, 1.807) is 25.2 Å². The van der Waals surface area contributed by atoms with Gasteiger partial charge in [-0.3, -0.25) is 0 Å². The number of benzene rings is 1. The van der Waals surface area contributed by atoms with E-state index in [1.807, 2.05) is 0 Å². The van der Waals surface area contributed by atoms with Crippen LogP contribution < -0.4 is 10.1 Å². The highest BCUT2D eigenvalue weighted by molar-refractivity contribution is 7.89. The minimum Gasteiger partial charge on any atom is -0.493 e. The van der Waals surface area contributed by atoms with Gasteiger partial charge >= 0.3 is 0 Å². The SMILES string of the molecule is CN(C1CNC1)S(=O)(=O)c1ccc2c(c1)CCO2. The van der Waals surface area contributed by atoms with E-state index in [1.165, 1.54) is 4.31 Å². The van der Waals surface area contributed by atoms with Crippen LogP contribution in [0.3, 0.4) is 0 Å². The van der Waals surface area contributed by atoms with Crippen LogP contribution >= 0.6 is 0 Å². The lowest BCUT2D eigenvalue weighted by Crippen LogP contribution is -2.57. The maximum atomic E-state index is 12.4. The molecule has 0 unspecified atom stereocenters. The first-order valence-electron chi connectivity index (χ1n) is 6.03. The Morgan fingerprint density at radius 1 is 1.39 bits per heavy atom. The number of hydrogen-bond acceptors (Lipinski definition) is 4. The summed E-state index contributed by atoms with van der Waals surface area (Å²) in [7, 11) is -1.74. The van der Waals surface area contributed by atoms with Gasteiger partial charge in [0.1, 0.15) is 5.75 Å². The number of ether oxygens (including phenoxy) is 1. The minimum atomic E-state index is -3.38. The van der Waals surface area contributed by atoms with Crippen molar-refractivity contribution in [2.45, 2.75) is 17.4 Å². The molecule has 0 aliphatic carbocycles. The number of rotatable bonds is 3. The standard InChI is InChI=1S/C12H16N2O3S/c1-14(10-7-13-8-10)18(15,16)11-2-3-12-9(6-11)4-5-17-12/h2-3,6,10,13H,4-5,7-8H2,1H3. The van der Waals surface area contributed by atoms with Crippen molar-refractivity contribution in [1.82, 2.24) is 9.62 Å². The highest BCUT2D eigenvalue weighted by Crippen LogP contribution is 2.29. The highest BCUT2D eigenvalue weighted by Gasteiger charge is 2.32. The molecule has 1 aromatic rings. The summed E-state index contributed by atoms with van der Waals surface area (Å²) in [6.07, 6.45) is 0.785. The van der Waals surface area contributed by atoms with Crippen molar-refractivity contribution in [3.8, 4) is 5.75 Å². The van der Waals surface area contributed by atoms with E-state index in [0.29, 0.717) is 11.5 Å². The zero-order chi connectivity index (χ0) is 12.8. The lowest BCUT2D eigenvalue weighted by molar-refractivity contribution is 0.274. The molecule has 0 radical (unpaired) electrons. The molecule has 2 aliphatic rings. The number of sulfonamides is 1. The quantitative estimate of drug-likeness (QED) is 0.851. The largest absolute Gasteiger partial charge is 0.493 e. The number of likely N-dealkylation sites (N-methyl/N-ethyl adjacent to an activating group) is 1. The summed E-state index contributed by atoms with van der Waals surface area (Å²) in [6, 6.07) is 5.18. The van der Waals surface area contributed by atoms with Crippen molar-refractivity contribution in [2.24, 2.45) is 0 Å². The van der Waals surface area contributed by atoms with Crippen LogP contribution in [0, 0.1) is 0 Å². The Hall–Kier alpha value is -1.11. The van der Waals surface area contributed by atoms with Crippen molar-refractivity contribution in [1.29, 1.82) is 0 Å². The molecule has 0 atom stereocenters. The summed E-state index contributed by atoms with van der Waals surface area (Å²) < 4.78 is 31.7. The fourth-order valence-corrected chi connectivity index (χ4v) is 3.62. The average molecular weight is 268 g/mol. The number of nitrogens with one attached hydrogen (secondary N) is 1. The van der Waals surface area contributed by atoms with Gasteiger partial charge in [0.25, 0.3) is 0 Å². The van der Waals surface area contributed by atoms with Gasteiger partial charge in [0.2, 0.25) is 10.0 Å². The van der Waals surface area contributed by atoms with Crippen LogP contribution in [-0.4, -0.2) is 45.5 Å². The lowest BCUT2D eigenvalue weighted by Gasteiger charge is -2.34. The third-order valence-electron chi connectivity index (χ3n) is 3.61. The van der Waals surface area contributed by atoms with Gasteiger partial charge in [0.15, 0.2) is 0 Å². The van der Waals surface area contributed by atoms with Gasteiger partial charge in [-0.2, -0.15) is 4.31 Å². The predicted octanol–water partition coefficient (Wildman–Crippen LogP) is 0.214. The van der Waals surface area contributed by atoms with Crippen LogP contribution in [0.1, 0.15) is 5.56 Å². The highest BCUT2D eigenvalue weighted by atomic mass is 32.2. The van der Waals surface area contributed by atoms with Crippen molar-refractivity contribution in [3.05, 3.63) is 23.8 Å². The Labute approximate surface area is 107 Å². The molecule has 1 saturated heterocycles. The Bertz CT molecular complexity index is 567. The average Bonchev–Trinajstić information content (AvgIpc) is 2.73. The van der Waals surface area contributed by atoms with Crippen molar-refractivity contribution in [2.75, 3.05) is 26.7 Å². The molecule has 3 rings (SSSR count). The number of hydrogen-bond donors (Lipinski definition) is 1. The van der Waals surface area contributed by atoms with E-state index in [-0.39, 0.29) is 6.04 Å². The Morgan fingerprint density at radius 2 is 2.17 bits per heavy atom. The number of nitrogens with zero attached hydrogens (tertiary/aromatic N) is 1. The molecule has 0 amide bonds. The second kappa shape index (κ2) is 4.22. The molecule has 2 heterocycles. The molecule has 98 valence electrons. The summed E-state index contributed by atoms with van der Waals surface area (Å²) in [5, 5.41) is 3.08. The van der Waals surface area contributed by atoms with Gasteiger partial charge in [-0.1, -0.05) is 0 Å². The smallest absolute Gasteiger partial charge is 0.243 e. The molecular formula is C12H16N2O3S. The molecule has 2 aliphatic heterocycles. The minimum absolute atomic E-state index is 0.0690. The van der Waals surface area contributed by atoms with Crippen LogP contribution in [0.2, 0.25) is 0 Å². The van der Waals surface area contributed by atoms with Crippen molar-refractivity contribution >= 4 is 10.0 Å². The third-order valence-corrected chi connectivity index (χ3v) is 5.52. The summed E-state index contributed by atoms with van der Waals surface area (Å²) in [5.41, 5.74) is 0.983. The first-order chi connectivity index (χ1) is 8.59. The molecule has 6 heteroatoms. The second-order valence-electron chi connectivity index (χ2n) is 4.70. The van der Waals surface area contributed by atoms with E-state index in [0.717, 1.165) is 30.8 Å². The number of fused-ring (bicyclic) bond motifs is 1. The summed E-state index contributed by atoms with van der Waals surface area (Å²) in [6.45, 7) is 2.09. The van der Waals surface area contributed by atoms with E-state index >= 15 is 0 Å². The van der Waals surface area contributed by atoms with Gasteiger partial charge in [-0.05, 0) is 23.8 Å². The lowest BCUT2D eigenvalue weighted by atomic mass is 10.2. The molecule has 1 N–H and O–H groups in total. The molecular weight excluding hydrogens is 252 g/mol. The molecule has 18 heavy (non-hydrogen) atoms. The van der Waals surface area contributed by atoms with Crippen molar-refractivity contribution in [3.63, 3.8) is 0 Å². The molecule has 5 nitrogen and oxygen atoms in total. The zero-order valence-electron chi connectivity index (χ0n) is 10.2. The first-order valence-corrected chi connectivity index (χ1v) is 7.47. The molecule has 0 aromatic heterocycles. The van der Waals surface area contributed by atoms with E-state index in [4.69, 9.17) is 4.74 Å². The van der Waals surface area contributed by atoms with Gasteiger partial charge in [-0.15, -0.1) is 0 Å². The maximum absolute atomic E-state index is 12.4. The van der Waals surface area contributed by atoms with Crippen LogP contribution in [0.5, 0.6) is 5.75 Å². The topological polar surface area (TPSA) is 58.6 Å². The van der Waals surface area contributed by atoms with Gasteiger partial charge in [0.05, 0.1) is 11.5 Å². The van der Waals surface area contributed by atoms with Gasteiger partial charge in [0, 0.05) is 32.6 Å². The fraction of sp³-hybridized carbons (Fsp3) is 0.500. The van der Waals surface area contributed by atoms with Gasteiger partial charge in [-0.25, -0.2) is 8.42 Å². The summed E-state index contributed by atoms with van der Waals surface area (Å²) in [4.78, 5) is 0.362. The Kier molecular flexibility index (Phi) is 2.80. The second-order valence-corrected chi connectivity index (χ2v) is 6.70. The Balaban J connectivity index is 1.93. The third kappa shape index (κ3) is 1.81. The van der Waals surface area contributed by atoms with Crippen molar-refractivity contribution < 1.29 is 13.2 Å². The first kappa shape index (κ1) is 12.0. The predicted molar refractivity (Wildman–Crippen MR) is 67.2 cm³/mol. The van der Waals surface area contributed by atoms with Crippen LogP contribution in [-0.2, 0) is 16.4 Å². The summed E-state index contributed by atoms with van der Waals surface area (Å²) >= 11 is 0. The molecule has 0 spiro atoms. The van der Waals surface area contributed by atoms with E-state index in [2.05, 4.69) is 5.32 Å². The molecule has 0 saturated carbocycles. The zero-order valence-corrected chi connectivity index (χ0v) is 11.0. The molecule has 1 aromatic carbocycles. The van der Waals surface area contributed by atoms with E-state index in [9.17, 15) is 8.42 Å².